The summed E-state index contributed by atoms with van der Waals surface area (Å²) in [4.78, 5) is 24.1. The van der Waals surface area contributed by atoms with Gasteiger partial charge in [0, 0.05) is 0 Å². The standard InChI is InChI=1S/C14H9BrN2O3/c15-12-7-6-10(20-12)8-11-13(18)16-17(14(11)19)9-4-2-1-3-5-9/h1-8H,(H,16,18). The van der Waals surface area contributed by atoms with Crippen LogP contribution < -0.4 is 10.4 Å². The maximum Gasteiger partial charge on any atom is 0.282 e. The number of carbonyl (C=O) groups is 2. The fourth-order valence-electron chi connectivity index (χ4n) is 1.86. The monoisotopic (exact) mass is 332 g/mol. The zero-order valence-corrected chi connectivity index (χ0v) is 11.8. The Bertz CT molecular complexity index is 706. The third kappa shape index (κ3) is 2.25. The van der Waals surface area contributed by atoms with Crippen molar-refractivity contribution in [3.8, 4) is 0 Å². The molecule has 1 aliphatic heterocycles. The number of carbonyl (C=O) groups excluding carboxylic acids is 2. The molecule has 100 valence electrons. The molecule has 1 aliphatic rings. The highest BCUT2D eigenvalue weighted by atomic mass is 79.9. The molecule has 1 aromatic heterocycles. The number of amides is 2. The fourth-order valence-corrected chi connectivity index (χ4v) is 2.18. The first-order valence-electron chi connectivity index (χ1n) is 5.83. The van der Waals surface area contributed by atoms with Crippen LogP contribution in [0.25, 0.3) is 6.08 Å². The number of hydrogen-bond acceptors (Lipinski definition) is 3. The second-order valence-electron chi connectivity index (χ2n) is 4.12. The van der Waals surface area contributed by atoms with Crippen LogP contribution in [0.3, 0.4) is 0 Å². The molecule has 0 atom stereocenters. The Morgan fingerprint density at radius 3 is 2.50 bits per heavy atom. The van der Waals surface area contributed by atoms with Crippen LogP contribution in [0.4, 0.5) is 5.69 Å². The first-order valence-corrected chi connectivity index (χ1v) is 6.62. The maximum atomic E-state index is 12.2. The van der Waals surface area contributed by atoms with E-state index in [0.29, 0.717) is 16.1 Å². The van der Waals surface area contributed by atoms with Gasteiger partial charge < -0.3 is 4.42 Å². The molecule has 20 heavy (non-hydrogen) atoms. The Kier molecular flexibility index (Phi) is 3.15. The van der Waals surface area contributed by atoms with Gasteiger partial charge in [-0.1, -0.05) is 18.2 Å². The second-order valence-corrected chi connectivity index (χ2v) is 4.90. The number of hydrogen-bond donors (Lipinski definition) is 1. The molecule has 5 nitrogen and oxygen atoms in total. The minimum absolute atomic E-state index is 0.0377. The van der Waals surface area contributed by atoms with E-state index in [9.17, 15) is 9.59 Å². The number of para-hydroxylation sites is 1. The van der Waals surface area contributed by atoms with E-state index in [0.717, 1.165) is 0 Å². The van der Waals surface area contributed by atoms with Gasteiger partial charge in [-0.15, -0.1) is 0 Å². The number of rotatable bonds is 2. The summed E-state index contributed by atoms with van der Waals surface area (Å²) in [7, 11) is 0. The Morgan fingerprint density at radius 1 is 1.10 bits per heavy atom. The molecular weight excluding hydrogens is 324 g/mol. The number of anilines is 1. The Balaban J connectivity index is 1.93. The molecule has 0 bridgehead atoms. The fraction of sp³-hybridized carbons (Fsp3) is 0. The van der Waals surface area contributed by atoms with Gasteiger partial charge >= 0.3 is 0 Å². The van der Waals surface area contributed by atoms with Crippen molar-refractivity contribution in [3.63, 3.8) is 0 Å². The van der Waals surface area contributed by atoms with Gasteiger partial charge in [0.2, 0.25) is 0 Å². The van der Waals surface area contributed by atoms with Crippen LogP contribution in [0.15, 0.2) is 57.1 Å². The van der Waals surface area contributed by atoms with E-state index < -0.39 is 11.8 Å². The molecular formula is C14H9BrN2O3. The average molecular weight is 333 g/mol. The minimum atomic E-state index is -0.452. The molecule has 1 N–H and O–H groups in total. The van der Waals surface area contributed by atoms with Crippen molar-refractivity contribution < 1.29 is 14.0 Å². The summed E-state index contributed by atoms with van der Waals surface area (Å²) < 4.78 is 5.81. The van der Waals surface area contributed by atoms with E-state index in [2.05, 4.69) is 21.4 Å². The predicted molar refractivity (Wildman–Crippen MR) is 76.5 cm³/mol. The Labute approximate surface area is 123 Å². The summed E-state index contributed by atoms with van der Waals surface area (Å²) in [5.41, 5.74) is 3.16. The molecule has 1 fully saturated rings. The van der Waals surface area contributed by atoms with Crippen molar-refractivity contribution in [2.75, 3.05) is 5.01 Å². The van der Waals surface area contributed by atoms with Crippen LogP contribution in [0.2, 0.25) is 0 Å². The lowest BCUT2D eigenvalue weighted by molar-refractivity contribution is -0.117. The molecule has 0 spiro atoms. The maximum absolute atomic E-state index is 12.2. The molecule has 0 aliphatic carbocycles. The third-order valence-electron chi connectivity index (χ3n) is 2.79. The highest BCUT2D eigenvalue weighted by molar-refractivity contribution is 9.10. The van der Waals surface area contributed by atoms with Crippen LogP contribution in [-0.2, 0) is 9.59 Å². The molecule has 2 aromatic rings. The van der Waals surface area contributed by atoms with Gasteiger partial charge in [0.25, 0.3) is 11.8 Å². The van der Waals surface area contributed by atoms with E-state index >= 15 is 0 Å². The van der Waals surface area contributed by atoms with Crippen molar-refractivity contribution in [3.05, 3.63) is 58.5 Å². The summed E-state index contributed by atoms with van der Waals surface area (Å²) in [6, 6.07) is 12.3. The zero-order chi connectivity index (χ0) is 14.1. The van der Waals surface area contributed by atoms with Gasteiger partial charge in [-0.05, 0) is 46.3 Å². The molecule has 0 radical (unpaired) electrons. The quantitative estimate of drug-likeness (QED) is 0.678. The molecule has 2 heterocycles. The van der Waals surface area contributed by atoms with Crippen LogP contribution >= 0.6 is 15.9 Å². The van der Waals surface area contributed by atoms with Crippen molar-refractivity contribution in [2.45, 2.75) is 0 Å². The van der Waals surface area contributed by atoms with E-state index in [1.165, 1.54) is 11.1 Å². The summed E-state index contributed by atoms with van der Waals surface area (Å²) in [5, 5.41) is 1.21. The molecule has 1 saturated heterocycles. The normalized spacial score (nSPS) is 16.9. The molecule has 1 aromatic carbocycles. The first kappa shape index (κ1) is 12.7. The largest absolute Gasteiger partial charge is 0.450 e. The van der Waals surface area contributed by atoms with Crippen molar-refractivity contribution in [1.82, 2.24) is 5.43 Å². The smallest absolute Gasteiger partial charge is 0.282 e. The molecule has 3 rings (SSSR count). The minimum Gasteiger partial charge on any atom is -0.450 e. The summed E-state index contributed by atoms with van der Waals surface area (Å²) in [5.74, 6) is -0.426. The summed E-state index contributed by atoms with van der Waals surface area (Å²) >= 11 is 3.17. The SMILES string of the molecule is O=C1NN(c2ccccc2)C(=O)C1=Cc1ccc(Br)o1. The Hall–Kier alpha value is -2.34. The average Bonchev–Trinajstić information content (AvgIpc) is 2.98. The lowest BCUT2D eigenvalue weighted by Crippen LogP contribution is -2.35. The van der Waals surface area contributed by atoms with Crippen molar-refractivity contribution in [2.24, 2.45) is 0 Å². The zero-order valence-electron chi connectivity index (χ0n) is 10.2. The van der Waals surface area contributed by atoms with Crippen LogP contribution in [0.1, 0.15) is 5.76 Å². The number of benzene rings is 1. The predicted octanol–water partition coefficient (Wildman–Crippen LogP) is 2.50. The lowest BCUT2D eigenvalue weighted by Gasteiger charge is -2.13. The van der Waals surface area contributed by atoms with Crippen LogP contribution in [0, 0.1) is 0 Å². The van der Waals surface area contributed by atoms with Gasteiger partial charge in [0.15, 0.2) is 4.67 Å². The van der Waals surface area contributed by atoms with Gasteiger partial charge in [0.05, 0.1) is 5.69 Å². The van der Waals surface area contributed by atoms with Gasteiger partial charge in [-0.3, -0.25) is 15.0 Å². The van der Waals surface area contributed by atoms with Crippen molar-refractivity contribution >= 4 is 39.5 Å². The van der Waals surface area contributed by atoms with Gasteiger partial charge in [-0.2, -0.15) is 0 Å². The first-order chi connectivity index (χ1) is 9.65. The topological polar surface area (TPSA) is 62.6 Å². The van der Waals surface area contributed by atoms with E-state index in [1.54, 1.807) is 36.4 Å². The van der Waals surface area contributed by atoms with E-state index in [4.69, 9.17) is 4.42 Å². The summed E-state index contributed by atoms with van der Waals surface area (Å²) in [6.07, 6.45) is 1.42. The highest BCUT2D eigenvalue weighted by Gasteiger charge is 2.34. The van der Waals surface area contributed by atoms with Gasteiger partial charge in [-0.25, -0.2) is 5.01 Å². The number of furan rings is 1. The second kappa shape index (κ2) is 4.97. The summed E-state index contributed by atoms with van der Waals surface area (Å²) in [6.45, 7) is 0. The van der Waals surface area contributed by atoms with Gasteiger partial charge in [0.1, 0.15) is 11.3 Å². The molecule has 6 heteroatoms. The number of nitrogens with one attached hydrogen (secondary N) is 1. The number of nitrogens with zero attached hydrogens (tertiary/aromatic N) is 1. The van der Waals surface area contributed by atoms with E-state index in [1.807, 2.05) is 6.07 Å². The molecule has 0 unspecified atom stereocenters. The highest BCUT2D eigenvalue weighted by Crippen LogP contribution is 2.22. The van der Waals surface area contributed by atoms with Crippen LogP contribution in [-0.4, -0.2) is 11.8 Å². The third-order valence-corrected chi connectivity index (χ3v) is 3.21. The number of halogens is 1. The van der Waals surface area contributed by atoms with Crippen molar-refractivity contribution in [1.29, 1.82) is 0 Å². The van der Waals surface area contributed by atoms with Crippen LogP contribution in [0.5, 0.6) is 0 Å². The Morgan fingerprint density at radius 2 is 1.85 bits per heavy atom. The molecule has 2 amide bonds. The molecule has 0 saturated carbocycles. The van der Waals surface area contributed by atoms with E-state index in [-0.39, 0.29) is 5.57 Å². The lowest BCUT2D eigenvalue weighted by atomic mass is 10.2. The number of hydrazine groups is 1.